The summed E-state index contributed by atoms with van der Waals surface area (Å²) in [4.78, 5) is 4.17. The van der Waals surface area contributed by atoms with Crippen LogP contribution in [-0.2, 0) is 0 Å². The summed E-state index contributed by atoms with van der Waals surface area (Å²) in [6, 6.07) is 4.64. The van der Waals surface area contributed by atoms with Crippen molar-refractivity contribution in [1.82, 2.24) is 10.3 Å². The summed E-state index contributed by atoms with van der Waals surface area (Å²) in [5.41, 5.74) is 1.54. The van der Waals surface area contributed by atoms with E-state index >= 15 is 0 Å². The largest absolute Gasteiger partial charge is 0.301 e. The molecule has 3 atom stereocenters. The number of aromatic nitrogens is 1. The maximum absolute atomic E-state index is 4.17. The molecule has 1 aromatic rings. The monoisotopic (exact) mass is 186 g/mol. The fourth-order valence-electron chi connectivity index (χ4n) is 2.65. The minimum atomic E-state index is 0.227. The molecule has 0 radical (unpaired) electrons. The lowest BCUT2D eigenvalue weighted by Gasteiger charge is -2.24. The molecule has 2 heteroatoms. The van der Waals surface area contributed by atoms with Crippen LogP contribution in [0.4, 0.5) is 0 Å². The standard InChI is InChI=1S/C12H14N2/c1-12-5-4-9(7-12)11(14-12)10-3-2-6-13-8-10/h2-6,8-9,11,14H,7H2,1H3. The molecule has 1 aliphatic heterocycles. The average Bonchev–Trinajstić information content (AvgIpc) is 2.74. The zero-order valence-corrected chi connectivity index (χ0v) is 8.27. The lowest BCUT2D eigenvalue weighted by molar-refractivity contribution is 0.467. The Balaban J connectivity index is 1.94. The minimum Gasteiger partial charge on any atom is -0.301 e. The Morgan fingerprint density at radius 2 is 2.50 bits per heavy atom. The van der Waals surface area contributed by atoms with Gasteiger partial charge in [-0.3, -0.25) is 4.98 Å². The Labute approximate surface area is 84.1 Å². The van der Waals surface area contributed by atoms with Crippen molar-refractivity contribution in [3.63, 3.8) is 0 Å². The van der Waals surface area contributed by atoms with E-state index < -0.39 is 0 Å². The first-order valence-electron chi connectivity index (χ1n) is 5.14. The summed E-state index contributed by atoms with van der Waals surface area (Å²) in [6.07, 6.45) is 9.66. The Morgan fingerprint density at radius 1 is 1.57 bits per heavy atom. The highest BCUT2D eigenvalue weighted by Gasteiger charge is 2.43. The number of hydrogen-bond donors (Lipinski definition) is 1. The van der Waals surface area contributed by atoms with E-state index in [-0.39, 0.29) is 5.54 Å². The molecule has 1 aromatic heterocycles. The van der Waals surface area contributed by atoms with Crippen LogP contribution < -0.4 is 5.32 Å². The molecule has 0 saturated carbocycles. The molecule has 2 nitrogen and oxygen atoms in total. The molecule has 2 bridgehead atoms. The SMILES string of the molecule is CC12C=CC(C1)C(c1cccnc1)N2. The first-order valence-corrected chi connectivity index (χ1v) is 5.14. The second-order valence-electron chi connectivity index (χ2n) is 4.55. The van der Waals surface area contributed by atoms with Crippen molar-refractivity contribution < 1.29 is 0 Å². The Morgan fingerprint density at radius 3 is 3.07 bits per heavy atom. The highest BCUT2D eigenvalue weighted by molar-refractivity contribution is 5.29. The molecule has 2 aliphatic rings. The third kappa shape index (κ3) is 1.11. The van der Waals surface area contributed by atoms with Crippen LogP contribution in [-0.4, -0.2) is 10.5 Å². The van der Waals surface area contributed by atoms with Crippen molar-refractivity contribution in [2.24, 2.45) is 5.92 Å². The first-order chi connectivity index (χ1) is 6.77. The van der Waals surface area contributed by atoms with Crippen molar-refractivity contribution in [1.29, 1.82) is 0 Å². The predicted molar refractivity (Wildman–Crippen MR) is 55.8 cm³/mol. The van der Waals surface area contributed by atoms with Crippen LogP contribution in [0.15, 0.2) is 36.7 Å². The van der Waals surface area contributed by atoms with Gasteiger partial charge in [0.05, 0.1) is 0 Å². The van der Waals surface area contributed by atoms with Gasteiger partial charge >= 0.3 is 0 Å². The lowest BCUT2D eigenvalue weighted by Crippen LogP contribution is -2.36. The van der Waals surface area contributed by atoms with Gasteiger partial charge in [0.15, 0.2) is 0 Å². The predicted octanol–water partition coefficient (Wildman–Crippen LogP) is 2.06. The lowest BCUT2D eigenvalue weighted by atomic mass is 9.97. The molecule has 3 unspecified atom stereocenters. The quantitative estimate of drug-likeness (QED) is 0.679. The van der Waals surface area contributed by atoms with E-state index in [4.69, 9.17) is 0 Å². The Hall–Kier alpha value is -1.15. The summed E-state index contributed by atoms with van der Waals surface area (Å²) in [5, 5.41) is 3.66. The van der Waals surface area contributed by atoms with Crippen LogP contribution in [0.2, 0.25) is 0 Å². The normalized spacial score (nSPS) is 39.2. The van der Waals surface area contributed by atoms with Crippen LogP contribution in [0, 0.1) is 5.92 Å². The van der Waals surface area contributed by atoms with Gasteiger partial charge in [-0.1, -0.05) is 18.2 Å². The molecule has 3 rings (SSSR count). The highest BCUT2D eigenvalue weighted by atomic mass is 15.1. The number of pyridine rings is 1. The van der Waals surface area contributed by atoms with Gasteiger partial charge in [0.25, 0.3) is 0 Å². The maximum atomic E-state index is 4.17. The van der Waals surface area contributed by atoms with Crippen LogP contribution in [0.25, 0.3) is 0 Å². The summed E-state index contributed by atoms with van der Waals surface area (Å²) in [6.45, 7) is 2.26. The first kappa shape index (κ1) is 8.18. The van der Waals surface area contributed by atoms with E-state index in [1.165, 1.54) is 12.0 Å². The van der Waals surface area contributed by atoms with Gasteiger partial charge in [-0.05, 0) is 30.9 Å². The van der Waals surface area contributed by atoms with Crippen molar-refractivity contribution in [2.45, 2.75) is 24.9 Å². The molecular weight excluding hydrogens is 172 g/mol. The molecule has 1 aliphatic carbocycles. The van der Waals surface area contributed by atoms with Gasteiger partial charge in [-0.2, -0.15) is 0 Å². The number of nitrogens with zero attached hydrogens (tertiary/aromatic N) is 1. The van der Waals surface area contributed by atoms with Crippen LogP contribution in [0.5, 0.6) is 0 Å². The molecular formula is C12H14N2. The molecule has 0 aromatic carbocycles. The molecule has 0 amide bonds. The molecule has 2 heterocycles. The van der Waals surface area contributed by atoms with Crippen molar-refractivity contribution >= 4 is 0 Å². The molecule has 1 saturated heterocycles. The van der Waals surface area contributed by atoms with E-state index in [0.29, 0.717) is 12.0 Å². The zero-order chi connectivity index (χ0) is 9.60. The van der Waals surface area contributed by atoms with Gasteiger partial charge in [0, 0.05) is 24.0 Å². The maximum Gasteiger partial charge on any atom is 0.0406 e. The number of rotatable bonds is 1. The summed E-state index contributed by atoms with van der Waals surface area (Å²) in [5.74, 6) is 0.657. The smallest absolute Gasteiger partial charge is 0.0406 e. The van der Waals surface area contributed by atoms with E-state index in [1.54, 1.807) is 0 Å². The van der Waals surface area contributed by atoms with E-state index in [0.717, 1.165) is 0 Å². The van der Waals surface area contributed by atoms with E-state index in [1.807, 2.05) is 18.5 Å². The molecule has 1 N–H and O–H groups in total. The summed E-state index contributed by atoms with van der Waals surface area (Å²) >= 11 is 0. The van der Waals surface area contributed by atoms with Gasteiger partial charge < -0.3 is 5.32 Å². The third-order valence-corrected chi connectivity index (χ3v) is 3.33. The highest BCUT2D eigenvalue weighted by Crippen LogP contribution is 2.44. The molecule has 72 valence electrons. The van der Waals surface area contributed by atoms with Crippen molar-refractivity contribution in [3.05, 3.63) is 42.2 Å². The fraction of sp³-hybridized carbons (Fsp3) is 0.417. The minimum absolute atomic E-state index is 0.227. The van der Waals surface area contributed by atoms with Crippen LogP contribution >= 0.6 is 0 Å². The zero-order valence-electron chi connectivity index (χ0n) is 8.27. The van der Waals surface area contributed by atoms with Gasteiger partial charge in [-0.15, -0.1) is 0 Å². The third-order valence-electron chi connectivity index (χ3n) is 3.33. The van der Waals surface area contributed by atoms with E-state index in [9.17, 15) is 0 Å². The summed E-state index contributed by atoms with van der Waals surface area (Å²) < 4.78 is 0. The fourth-order valence-corrected chi connectivity index (χ4v) is 2.65. The van der Waals surface area contributed by atoms with Crippen molar-refractivity contribution in [3.8, 4) is 0 Å². The molecule has 14 heavy (non-hydrogen) atoms. The van der Waals surface area contributed by atoms with Crippen molar-refractivity contribution in [2.75, 3.05) is 0 Å². The van der Waals surface area contributed by atoms with Gasteiger partial charge in [0.1, 0.15) is 0 Å². The topological polar surface area (TPSA) is 24.9 Å². The van der Waals surface area contributed by atoms with Crippen LogP contribution in [0.3, 0.4) is 0 Å². The van der Waals surface area contributed by atoms with Crippen LogP contribution in [0.1, 0.15) is 24.9 Å². The number of hydrogen-bond acceptors (Lipinski definition) is 2. The average molecular weight is 186 g/mol. The summed E-state index contributed by atoms with van der Waals surface area (Å²) in [7, 11) is 0. The second kappa shape index (κ2) is 2.67. The molecule has 0 spiro atoms. The van der Waals surface area contributed by atoms with Gasteiger partial charge in [0.2, 0.25) is 0 Å². The molecule has 1 fully saturated rings. The Bertz CT molecular complexity index is 371. The number of nitrogens with one attached hydrogen (secondary N) is 1. The second-order valence-corrected chi connectivity index (χ2v) is 4.55. The number of fused-ring (bicyclic) bond motifs is 2. The van der Waals surface area contributed by atoms with E-state index in [2.05, 4.69) is 35.4 Å². The van der Waals surface area contributed by atoms with Gasteiger partial charge in [-0.25, -0.2) is 0 Å². The Kier molecular flexibility index (Phi) is 1.56.